The second kappa shape index (κ2) is 12.1. The molecule has 0 amide bonds. The standard InChI is InChI=1S/C23H29N3O2S.HI/c1-24-23(25-15-8-18-29(27,28)22-11-6-3-7-12-22)26-16-13-21(14-17-26)19-20-9-4-2-5-10-20;/h2-7,9-12,19H,8,13-18H2,1H3,(H,24,25);1H. The minimum Gasteiger partial charge on any atom is -0.356 e. The van der Waals surface area contributed by atoms with E-state index in [1.165, 1.54) is 11.1 Å². The van der Waals surface area contributed by atoms with Crippen LogP contribution < -0.4 is 5.32 Å². The highest BCUT2D eigenvalue weighted by Gasteiger charge is 2.18. The molecule has 0 unspecified atom stereocenters. The van der Waals surface area contributed by atoms with Crippen molar-refractivity contribution in [3.05, 3.63) is 71.8 Å². The van der Waals surface area contributed by atoms with Gasteiger partial charge in [-0.1, -0.05) is 60.2 Å². The van der Waals surface area contributed by atoms with Crippen LogP contribution in [0, 0.1) is 0 Å². The predicted molar refractivity (Wildman–Crippen MR) is 135 cm³/mol. The lowest BCUT2D eigenvalue weighted by Crippen LogP contribution is -2.44. The summed E-state index contributed by atoms with van der Waals surface area (Å²) in [7, 11) is -1.45. The highest BCUT2D eigenvalue weighted by Crippen LogP contribution is 2.19. The molecule has 0 bridgehead atoms. The SMILES string of the molecule is CN=C(NCCCS(=O)(=O)c1ccccc1)N1CCC(=Cc2ccccc2)CC1.I. The zero-order valence-corrected chi connectivity index (χ0v) is 20.5. The summed E-state index contributed by atoms with van der Waals surface area (Å²) in [5.41, 5.74) is 2.70. The van der Waals surface area contributed by atoms with E-state index < -0.39 is 9.84 Å². The van der Waals surface area contributed by atoms with Gasteiger partial charge in [-0.05, 0) is 37.0 Å². The van der Waals surface area contributed by atoms with Crippen molar-refractivity contribution < 1.29 is 8.42 Å². The predicted octanol–water partition coefficient (Wildman–Crippen LogP) is 4.22. The van der Waals surface area contributed by atoms with Gasteiger partial charge in [-0.2, -0.15) is 0 Å². The lowest BCUT2D eigenvalue weighted by atomic mass is 10.0. The normalized spacial score (nSPS) is 14.8. The van der Waals surface area contributed by atoms with E-state index >= 15 is 0 Å². The molecule has 5 nitrogen and oxygen atoms in total. The zero-order chi connectivity index (χ0) is 20.5. The lowest BCUT2D eigenvalue weighted by Gasteiger charge is -2.31. The number of benzene rings is 2. The van der Waals surface area contributed by atoms with Crippen LogP contribution in [-0.4, -0.2) is 51.7 Å². The number of rotatable bonds is 6. The summed E-state index contributed by atoms with van der Waals surface area (Å²) < 4.78 is 24.7. The van der Waals surface area contributed by atoms with E-state index in [2.05, 4.69) is 45.6 Å². The Kier molecular flexibility index (Phi) is 9.84. The molecule has 0 saturated carbocycles. The second-order valence-electron chi connectivity index (χ2n) is 7.16. The van der Waals surface area contributed by atoms with Crippen LogP contribution in [0.5, 0.6) is 0 Å². The quantitative estimate of drug-likeness (QED) is 0.259. The van der Waals surface area contributed by atoms with Crippen LogP contribution >= 0.6 is 24.0 Å². The highest BCUT2D eigenvalue weighted by molar-refractivity contribution is 14.0. The fourth-order valence-corrected chi connectivity index (χ4v) is 4.81. The molecule has 30 heavy (non-hydrogen) atoms. The molecule has 0 aliphatic carbocycles. The molecule has 0 aromatic heterocycles. The molecule has 1 aliphatic rings. The molecule has 0 atom stereocenters. The highest BCUT2D eigenvalue weighted by atomic mass is 127. The van der Waals surface area contributed by atoms with Crippen molar-refractivity contribution in [2.24, 2.45) is 4.99 Å². The number of piperidine rings is 1. The number of likely N-dealkylation sites (tertiary alicyclic amines) is 1. The first kappa shape index (κ1) is 24.4. The maximum absolute atomic E-state index is 12.4. The summed E-state index contributed by atoms with van der Waals surface area (Å²) in [6, 6.07) is 19.0. The molecule has 1 fully saturated rings. The molecule has 2 aromatic carbocycles. The van der Waals surface area contributed by atoms with Crippen molar-refractivity contribution >= 4 is 45.8 Å². The summed E-state index contributed by atoms with van der Waals surface area (Å²) in [6.07, 6.45) is 4.85. The molecule has 2 aromatic rings. The number of hydrogen-bond donors (Lipinski definition) is 1. The van der Waals surface area contributed by atoms with Crippen LogP contribution in [0.1, 0.15) is 24.8 Å². The molecule has 1 N–H and O–H groups in total. The summed E-state index contributed by atoms with van der Waals surface area (Å²) in [5, 5.41) is 3.32. The number of aliphatic imine (C=N–C) groups is 1. The third-order valence-electron chi connectivity index (χ3n) is 5.06. The average Bonchev–Trinajstić information content (AvgIpc) is 2.76. The summed E-state index contributed by atoms with van der Waals surface area (Å²) in [5.74, 6) is 0.978. The van der Waals surface area contributed by atoms with Crippen LogP contribution in [0.4, 0.5) is 0 Å². The Morgan fingerprint density at radius 3 is 2.23 bits per heavy atom. The first-order chi connectivity index (χ1) is 14.1. The van der Waals surface area contributed by atoms with Crippen molar-refractivity contribution in [1.82, 2.24) is 10.2 Å². The summed E-state index contributed by atoms with van der Waals surface area (Å²) in [6.45, 7) is 2.42. The van der Waals surface area contributed by atoms with Gasteiger partial charge in [-0.3, -0.25) is 4.99 Å². The largest absolute Gasteiger partial charge is 0.356 e. The molecular formula is C23H30IN3O2S. The Morgan fingerprint density at radius 2 is 1.63 bits per heavy atom. The Balaban J connectivity index is 0.00000320. The van der Waals surface area contributed by atoms with Crippen molar-refractivity contribution in [2.75, 3.05) is 32.4 Å². The fourth-order valence-electron chi connectivity index (χ4n) is 3.48. The number of nitrogens with one attached hydrogen (secondary N) is 1. The van der Waals surface area contributed by atoms with E-state index in [0.717, 1.165) is 31.9 Å². The maximum atomic E-state index is 12.4. The summed E-state index contributed by atoms with van der Waals surface area (Å²) >= 11 is 0. The summed E-state index contributed by atoms with van der Waals surface area (Å²) in [4.78, 5) is 7.01. The number of halogens is 1. The van der Waals surface area contributed by atoms with Gasteiger partial charge in [-0.15, -0.1) is 24.0 Å². The van der Waals surface area contributed by atoms with Gasteiger partial charge in [0, 0.05) is 26.7 Å². The number of nitrogens with zero attached hydrogens (tertiary/aromatic N) is 2. The van der Waals surface area contributed by atoms with Crippen molar-refractivity contribution in [3.63, 3.8) is 0 Å². The molecule has 0 spiro atoms. The van der Waals surface area contributed by atoms with Gasteiger partial charge in [0.2, 0.25) is 0 Å². The molecule has 0 radical (unpaired) electrons. The van der Waals surface area contributed by atoms with Crippen molar-refractivity contribution in [2.45, 2.75) is 24.2 Å². The molecule has 7 heteroatoms. The first-order valence-electron chi connectivity index (χ1n) is 10.1. The number of hydrogen-bond acceptors (Lipinski definition) is 3. The van der Waals surface area contributed by atoms with Crippen LogP contribution in [0.15, 0.2) is 76.1 Å². The van der Waals surface area contributed by atoms with E-state index in [-0.39, 0.29) is 29.7 Å². The van der Waals surface area contributed by atoms with Crippen LogP contribution in [0.25, 0.3) is 6.08 Å². The van der Waals surface area contributed by atoms with Gasteiger partial charge >= 0.3 is 0 Å². The second-order valence-corrected chi connectivity index (χ2v) is 9.27. The van der Waals surface area contributed by atoms with E-state index in [1.807, 2.05) is 12.1 Å². The Labute approximate surface area is 197 Å². The molecule has 1 aliphatic heterocycles. The Morgan fingerprint density at radius 1 is 1.03 bits per heavy atom. The Hall–Kier alpha value is -1.87. The van der Waals surface area contributed by atoms with E-state index in [4.69, 9.17) is 0 Å². The van der Waals surface area contributed by atoms with Gasteiger partial charge in [0.25, 0.3) is 0 Å². The smallest absolute Gasteiger partial charge is 0.193 e. The van der Waals surface area contributed by atoms with Crippen LogP contribution in [0.3, 0.4) is 0 Å². The molecule has 1 saturated heterocycles. The van der Waals surface area contributed by atoms with Gasteiger partial charge in [0.1, 0.15) is 0 Å². The fraction of sp³-hybridized carbons (Fsp3) is 0.348. The van der Waals surface area contributed by atoms with Crippen molar-refractivity contribution in [1.29, 1.82) is 0 Å². The van der Waals surface area contributed by atoms with E-state index in [0.29, 0.717) is 17.9 Å². The third kappa shape index (κ3) is 7.12. The van der Waals surface area contributed by atoms with Crippen LogP contribution in [0.2, 0.25) is 0 Å². The Bertz CT molecular complexity index is 935. The van der Waals surface area contributed by atoms with E-state index in [1.54, 1.807) is 31.3 Å². The van der Waals surface area contributed by atoms with Crippen molar-refractivity contribution in [3.8, 4) is 0 Å². The van der Waals surface area contributed by atoms with Crippen LogP contribution in [-0.2, 0) is 9.84 Å². The average molecular weight is 539 g/mol. The number of guanidine groups is 1. The first-order valence-corrected chi connectivity index (χ1v) is 11.7. The zero-order valence-electron chi connectivity index (χ0n) is 17.3. The van der Waals surface area contributed by atoms with E-state index in [9.17, 15) is 8.42 Å². The van der Waals surface area contributed by atoms with Gasteiger partial charge in [0.15, 0.2) is 15.8 Å². The number of sulfone groups is 1. The molecule has 1 heterocycles. The molecule has 162 valence electrons. The maximum Gasteiger partial charge on any atom is 0.193 e. The van der Waals surface area contributed by atoms with Gasteiger partial charge in [0.05, 0.1) is 10.6 Å². The minimum absolute atomic E-state index is 0. The van der Waals surface area contributed by atoms with Gasteiger partial charge < -0.3 is 10.2 Å². The lowest BCUT2D eigenvalue weighted by molar-refractivity contribution is 0.375. The van der Waals surface area contributed by atoms with Gasteiger partial charge in [-0.25, -0.2) is 8.42 Å². The minimum atomic E-state index is -3.23. The topological polar surface area (TPSA) is 61.8 Å². The third-order valence-corrected chi connectivity index (χ3v) is 6.88. The molecule has 3 rings (SSSR count). The monoisotopic (exact) mass is 539 g/mol. The molecular weight excluding hydrogens is 509 g/mol.